The molecule has 1 heterocycles. The molecule has 6 heteroatoms. The van der Waals surface area contributed by atoms with Crippen LogP contribution in [0.15, 0.2) is 47.4 Å². The lowest BCUT2D eigenvalue weighted by Gasteiger charge is -2.26. The van der Waals surface area contributed by atoms with E-state index in [1.807, 2.05) is 6.92 Å². The number of cyclic esters (lactones) is 1. The van der Waals surface area contributed by atoms with Crippen molar-refractivity contribution in [2.24, 2.45) is 11.3 Å². The second-order valence-electron chi connectivity index (χ2n) is 10.6. The number of hydrogen-bond donors (Lipinski definition) is 0. The molecule has 2 fully saturated rings. The smallest absolute Gasteiger partial charge is 0.306 e. The van der Waals surface area contributed by atoms with E-state index in [4.69, 9.17) is 8.92 Å². The maximum absolute atomic E-state index is 12.4. The Bertz CT molecular complexity index is 1150. The van der Waals surface area contributed by atoms with Gasteiger partial charge in [0.05, 0.1) is 24.5 Å². The predicted octanol–water partition coefficient (Wildman–Crippen LogP) is 5.49. The molecular weight excluding hydrogens is 448 g/mol. The van der Waals surface area contributed by atoms with Gasteiger partial charge in [-0.3, -0.25) is 8.98 Å². The summed E-state index contributed by atoms with van der Waals surface area (Å²) >= 11 is 0. The summed E-state index contributed by atoms with van der Waals surface area (Å²) in [6, 6.07) is 13.8. The largest absolute Gasteiger partial charge is 0.465 e. The van der Waals surface area contributed by atoms with Crippen LogP contribution in [0.5, 0.6) is 0 Å². The van der Waals surface area contributed by atoms with Gasteiger partial charge in [0.1, 0.15) is 0 Å². The molecule has 0 bridgehead atoms. The Hall–Kier alpha value is -2.18. The lowest BCUT2D eigenvalue weighted by atomic mass is 9.79. The van der Waals surface area contributed by atoms with Crippen molar-refractivity contribution in [1.82, 2.24) is 0 Å². The standard InChI is InChI=1S/C28H34O5S/c1-20-4-10-26(11-5-20)34(30,31)33-14-2-3-21-6-7-23-16-24(9-8-22(23)15-21)25-12-13-28(17-25)18-27(29)32-19-28/h4-5,8-11,16,21,25H,2-3,6-7,12-15,17-19H2,1H3/t21-,25-,28-/m0/s1. The number of carbonyl (C=O) groups is 1. The van der Waals surface area contributed by atoms with Gasteiger partial charge in [0.2, 0.25) is 0 Å². The molecule has 1 aliphatic heterocycles. The summed E-state index contributed by atoms with van der Waals surface area (Å²) in [5.74, 6) is 1.07. The second kappa shape index (κ2) is 9.46. The molecule has 2 aromatic carbocycles. The van der Waals surface area contributed by atoms with Gasteiger partial charge in [-0.2, -0.15) is 8.42 Å². The zero-order chi connectivity index (χ0) is 23.8. The minimum Gasteiger partial charge on any atom is -0.465 e. The molecule has 0 N–H and O–H groups in total. The van der Waals surface area contributed by atoms with Crippen LogP contribution in [-0.2, 0) is 36.7 Å². The van der Waals surface area contributed by atoms with Crippen molar-refractivity contribution >= 4 is 16.1 Å². The summed E-state index contributed by atoms with van der Waals surface area (Å²) in [6.45, 7) is 2.76. The van der Waals surface area contributed by atoms with E-state index in [1.54, 1.807) is 24.3 Å². The highest BCUT2D eigenvalue weighted by Gasteiger charge is 2.46. The fraction of sp³-hybridized carbons (Fsp3) is 0.536. The fourth-order valence-electron chi connectivity index (χ4n) is 6.09. The first kappa shape index (κ1) is 23.6. The Morgan fingerprint density at radius 2 is 1.91 bits per heavy atom. The molecule has 2 aromatic rings. The maximum Gasteiger partial charge on any atom is 0.306 e. The first-order valence-electron chi connectivity index (χ1n) is 12.6. The molecule has 3 atom stereocenters. The van der Waals surface area contributed by atoms with E-state index in [0.717, 1.165) is 56.9 Å². The van der Waals surface area contributed by atoms with E-state index in [1.165, 1.54) is 16.7 Å². The van der Waals surface area contributed by atoms with Gasteiger partial charge >= 0.3 is 5.97 Å². The fourth-order valence-corrected chi connectivity index (χ4v) is 7.03. The molecular formula is C28H34O5S. The van der Waals surface area contributed by atoms with Crippen LogP contribution in [-0.4, -0.2) is 27.6 Å². The molecule has 0 unspecified atom stereocenters. The zero-order valence-electron chi connectivity index (χ0n) is 19.9. The van der Waals surface area contributed by atoms with Gasteiger partial charge in [-0.25, -0.2) is 0 Å². The van der Waals surface area contributed by atoms with E-state index < -0.39 is 10.1 Å². The van der Waals surface area contributed by atoms with Crippen LogP contribution in [0.3, 0.4) is 0 Å². The minimum absolute atomic E-state index is 0.0321. The topological polar surface area (TPSA) is 69.7 Å². The third-order valence-corrected chi connectivity index (χ3v) is 9.42. The third kappa shape index (κ3) is 5.08. The van der Waals surface area contributed by atoms with Crippen LogP contribution in [0, 0.1) is 18.3 Å². The van der Waals surface area contributed by atoms with Crippen molar-refractivity contribution < 1.29 is 22.1 Å². The Labute approximate surface area is 203 Å². The maximum atomic E-state index is 12.4. The van der Waals surface area contributed by atoms with E-state index in [9.17, 15) is 13.2 Å². The number of carbonyl (C=O) groups excluding carboxylic acids is 1. The van der Waals surface area contributed by atoms with Crippen LogP contribution < -0.4 is 0 Å². The van der Waals surface area contributed by atoms with Crippen molar-refractivity contribution in [3.63, 3.8) is 0 Å². The van der Waals surface area contributed by atoms with Gasteiger partial charge in [-0.15, -0.1) is 0 Å². The highest BCUT2D eigenvalue weighted by Crippen LogP contribution is 2.51. The summed E-state index contributed by atoms with van der Waals surface area (Å²) in [5.41, 5.74) is 5.42. The monoisotopic (exact) mass is 482 g/mol. The minimum atomic E-state index is -3.68. The van der Waals surface area contributed by atoms with Crippen molar-refractivity contribution in [3.05, 3.63) is 64.7 Å². The van der Waals surface area contributed by atoms with Crippen molar-refractivity contribution in [2.75, 3.05) is 13.2 Å². The second-order valence-corrected chi connectivity index (χ2v) is 12.3. The number of fused-ring (bicyclic) bond motifs is 1. The lowest BCUT2D eigenvalue weighted by molar-refractivity contribution is -0.137. The van der Waals surface area contributed by atoms with E-state index in [0.29, 0.717) is 24.9 Å². The number of benzene rings is 2. The van der Waals surface area contributed by atoms with Gasteiger partial charge in [0.25, 0.3) is 10.1 Å². The first-order chi connectivity index (χ1) is 16.3. The Morgan fingerprint density at radius 1 is 1.09 bits per heavy atom. The van der Waals surface area contributed by atoms with Crippen LogP contribution in [0.25, 0.3) is 0 Å². The third-order valence-electron chi connectivity index (χ3n) is 8.10. The molecule has 0 amide bonds. The molecule has 34 heavy (non-hydrogen) atoms. The number of rotatable bonds is 7. The summed E-state index contributed by atoms with van der Waals surface area (Å²) in [4.78, 5) is 11.9. The van der Waals surface area contributed by atoms with E-state index >= 15 is 0 Å². The Balaban J connectivity index is 1.11. The molecule has 0 radical (unpaired) electrons. The van der Waals surface area contributed by atoms with Crippen molar-refractivity contribution in [1.29, 1.82) is 0 Å². The molecule has 1 saturated carbocycles. The molecule has 1 saturated heterocycles. The number of hydrogen-bond acceptors (Lipinski definition) is 5. The molecule has 182 valence electrons. The SMILES string of the molecule is Cc1ccc(S(=O)(=O)OCCC[C@H]2CCc3cc([C@H]4CC[C@]5(COC(=O)C5)C4)ccc3C2)cc1. The van der Waals surface area contributed by atoms with Gasteiger partial charge in [-0.05, 0) is 98.9 Å². The average Bonchev–Trinajstić information content (AvgIpc) is 3.41. The number of esters is 1. The summed E-state index contributed by atoms with van der Waals surface area (Å²) < 4.78 is 35.3. The normalized spacial score (nSPS) is 26.6. The van der Waals surface area contributed by atoms with Crippen LogP contribution in [0.4, 0.5) is 0 Å². The lowest BCUT2D eigenvalue weighted by Crippen LogP contribution is -2.17. The first-order valence-corrected chi connectivity index (χ1v) is 14.0. The predicted molar refractivity (Wildman–Crippen MR) is 130 cm³/mol. The molecule has 0 aromatic heterocycles. The van der Waals surface area contributed by atoms with Crippen LogP contribution >= 0.6 is 0 Å². The highest BCUT2D eigenvalue weighted by atomic mass is 32.2. The molecule has 3 aliphatic rings. The van der Waals surface area contributed by atoms with Crippen molar-refractivity contribution in [2.45, 2.75) is 75.5 Å². The Kier molecular flexibility index (Phi) is 6.56. The zero-order valence-corrected chi connectivity index (χ0v) is 20.7. The van der Waals surface area contributed by atoms with E-state index in [-0.39, 0.29) is 22.9 Å². The average molecular weight is 483 g/mol. The number of ether oxygens (including phenoxy) is 1. The van der Waals surface area contributed by atoms with Crippen LogP contribution in [0.2, 0.25) is 0 Å². The molecule has 2 aliphatic carbocycles. The molecule has 5 rings (SSSR count). The van der Waals surface area contributed by atoms with Gasteiger partial charge in [0, 0.05) is 5.41 Å². The van der Waals surface area contributed by atoms with Gasteiger partial charge in [0.15, 0.2) is 0 Å². The van der Waals surface area contributed by atoms with E-state index in [2.05, 4.69) is 18.2 Å². The van der Waals surface area contributed by atoms with Crippen LogP contribution in [0.1, 0.15) is 73.1 Å². The molecule has 5 nitrogen and oxygen atoms in total. The van der Waals surface area contributed by atoms with Gasteiger partial charge in [-0.1, -0.05) is 35.9 Å². The highest BCUT2D eigenvalue weighted by molar-refractivity contribution is 7.86. The number of aryl methyl sites for hydroxylation is 2. The summed E-state index contributed by atoms with van der Waals surface area (Å²) in [7, 11) is -3.68. The summed E-state index contributed by atoms with van der Waals surface area (Å²) in [6.07, 6.45) is 8.87. The van der Waals surface area contributed by atoms with Crippen molar-refractivity contribution in [3.8, 4) is 0 Å². The quantitative estimate of drug-likeness (QED) is 0.297. The summed E-state index contributed by atoms with van der Waals surface area (Å²) in [5, 5.41) is 0. The molecule has 1 spiro atoms. The van der Waals surface area contributed by atoms with Gasteiger partial charge < -0.3 is 4.74 Å². The Morgan fingerprint density at radius 3 is 2.68 bits per heavy atom.